The Morgan fingerprint density at radius 2 is 1.82 bits per heavy atom. The first-order valence-corrected chi connectivity index (χ1v) is 4.55. The first-order chi connectivity index (χ1) is 7.84. The topological polar surface area (TPSA) is 118 Å². The van der Waals surface area contributed by atoms with E-state index in [0.717, 1.165) is 6.07 Å². The predicted molar refractivity (Wildman–Crippen MR) is 55.8 cm³/mol. The molecule has 0 spiro atoms. The lowest BCUT2D eigenvalue weighted by atomic mass is 9.96. The highest BCUT2D eigenvalue weighted by molar-refractivity contribution is 6.00. The summed E-state index contributed by atoms with van der Waals surface area (Å²) < 4.78 is 0. The smallest absolute Gasteiger partial charge is 0.322 e. The molecule has 0 unspecified atom stereocenters. The van der Waals surface area contributed by atoms with Gasteiger partial charge < -0.3 is 10.2 Å². The fourth-order valence-corrected chi connectivity index (χ4v) is 1.44. The number of carboxylic acid groups (broad SMARTS) is 2. The number of benzene rings is 1. The normalized spacial score (nSPS) is 10.2. The summed E-state index contributed by atoms with van der Waals surface area (Å²) >= 11 is 0. The first-order valence-electron chi connectivity index (χ1n) is 4.55. The molecule has 1 aromatic rings. The Labute approximate surface area is 95.5 Å². The molecule has 0 atom stereocenters. The fourth-order valence-electron chi connectivity index (χ4n) is 1.44. The number of aryl methyl sites for hydroxylation is 1. The van der Waals surface area contributed by atoms with Crippen LogP contribution in [0.15, 0.2) is 18.2 Å². The molecule has 0 heterocycles. The molecule has 17 heavy (non-hydrogen) atoms. The molecule has 7 nitrogen and oxygen atoms in total. The third-order valence-corrected chi connectivity index (χ3v) is 2.18. The highest BCUT2D eigenvalue weighted by Gasteiger charge is 2.33. The maximum absolute atomic E-state index is 10.8. The van der Waals surface area contributed by atoms with Crippen LogP contribution in [-0.4, -0.2) is 27.1 Å². The Hall–Kier alpha value is -2.44. The van der Waals surface area contributed by atoms with Gasteiger partial charge in [-0.15, -0.1) is 0 Å². The fraction of sp³-hybridized carbons (Fsp3) is 0.200. The van der Waals surface area contributed by atoms with Crippen LogP contribution >= 0.6 is 0 Å². The highest BCUT2D eigenvalue weighted by atomic mass is 16.6. The number of nitrogens with zero attached hydrogens (tertiary/aromatic N) is 1. The summed E-state index contributed by atoms with van der Waals surface area (Å²) in [6.45, 7) is 1.59. The summed E-state index contributed by atoms with van der Waals surface area (Å²) in [5, 5.41) is 28.3. The van der Waals surface area contributed by atoms with E-state index in [1.807, 2.05) is 0 Å². The Morgan fingerprint density at radius 1 is 1.29 bits per heavy atom. The molecule has 0 bridgehead atoms. The second-order valence-corrected chi connectivity index (χ2v) is 3.43. The molecule has 0 saturated heterocycles. The number of rotatable bonds is 4. The van der Waals surface area contributed by atoms with E-state index in [1.165, 1.54) is 12.1 Å². The van der Waals surface area contributed by atoms with Crippen LogP contribution in [0.25, 0.3) is 0 Å². The van der Waals surface area contributed by atoms with E-state index in [0.29, 0.717) is 5.56 Å². The minimum atomic E-state index is -1.93. The SMILES string of the molecule is Cc1ccc([N+](=O)[O-])c(C(C(=O)O)C(=O)O)c1. The molecular formula is C10H9NO6. The lowest BCUT2D eigenvalue weighted by Gasteiger charge is -2.09. The van der Waals surface area contributed by atoms with E-state index in [4.69, 9.17) is 10.2 Å². The Morgan fingerprint density at radius 3 is 2.24 bits per heavy atom. The van der Waals surface area contributed by atoms with E-state index in [1.54, 1.807) is 6.92 Å². The number of nitro benzene ring substituents is 1. The molecule has 0 fully saturated rings. The van der Waals surface area contributed by atoms with Crippen molar-refractivity contribution in [2.75, 3.05) is 0 Å². The largest absolute Gasteiger partial charge is 0.480 e. The molecule has 1 aromatic carbocycles. The van der Waals surface area contributed by atoms with E-state index in [-0.39, 0.29) is 5.56 Å². The van der Waals surface area contributed by atoms with Crippen LogP contribution in [0.4, 0.5) is 5.69 Å². The van der Waals surface area contributed by atoms with Crippen LogP contribution in [0.5, 0.6) is 0 Å². The van der Waals surface area contributed by atoms with Crippen LogP contribution in [0.1, 0.15) is 17.0 Å². The van der Waals surface area contributed by atoms with Crippen molar-refractivity contribution in [3.8, 4) is 0 Å². The minimum Gasteiger partial charge on any atom is -0.480 e. The van der Waals surface area contributed by atoms with Crippen molar-refractivity contribution < 1.29 is 24.7 Å². The van der Waals surface area contributed by atoms with E-state index >= 15 is 0 Å². The third-order valence-electron chi connectivity index (χ3n) is 2.18. The molecule has 0 aliphatic carbocycles. The Kier molecular flexibility index (Phi) is 3.42. The van der Waals surface area contributed by atoms with E-state index < -0.39 is 28.5 Å². The van der Waals surface area contributed by atoms with Crippen molar-refractivity contribution in [1.29, 1.82) is 0 Å². The quantitative estimate of drug-likeness (QED) is 0.462. The van der Waals surface area contributed by atoms with Crippen molar-refractivity contribution >= 4 is 17.6 Å². The molecule has 0 saturated carbocycles. The van der Waals surface area contributed by atoms with Gasteiger partial charge in [-0.05, 0) is 13.0 Å². The second kappa shape index (κ2) is 4.60. The van der Waals surface area contributed by atoms with Crippen molar-refractivity contribution in [2.45, 2.75) is 12.8 Å². The minimum absolute atomic E-state index is 0.324. The Balaban J connectivity index is 3.45. The molecule has 1 rings (SSSR count). The van der Waals surface area contributed by atoms with Gasteiger partial charge in [0.15, 0.2) is 5.92 Å². The van der Waals surface area contributed by atoms with Crippen LogP contribution in [0, 0.1) is 17.0 Å². The summed E-state index contributed by atoms with van der Waals surface area (Å²) in [6, 6.07) is 3.72. The molecule has 7 heteroatoms. The average Bonchev–Trinajstić information content (AvgIpc) is 2.15. The number of nitro groups is 1. The molecule has 0 amide bonds. The van der Waals surface area contributed by atoms with E-state index in [2.05, 4.69) is 0 Å². The number of carbonyl (C=O) groups is 2. The maximum Gasteiger partial charge on any atom is 0.322 e. The second-order valence-electron chi connectivity index (χ2n) is 3.43. The summed E-state index contributed by atoms with van der Waals surface area (Å²) in [4.78, 5) is 31.6. The van der Waals surface area contributed by atoms with Gasteiger partial charge in [-0.3, -0.25) is 19.7 Å². The van der Waals surface area contributed by atoms with Gasteiger partial charge in [0.05, 0.1) is 10.5 Å². The zero-order valence-corrected chi connectivity index (χ0v) is 8.78. The van der Waals surface area contributed by atoms with Gasteiger partial charge in [0.2, 0.25) is 0 Å². The van der Waals surface area contributed by atoms with Gasteiger partial charge in [-0.25, -0.2) is 0 Å². The van der Waals surface area contributed by atoms with Gasteiger partial charge in [-0.2, -0.15) is 0 Å². The average molecular weight is 239 g/mol. The van der Waals surface area contributed by atoms with Gasteiger partial charge in [0.25, 0.3) is 5.69 Å². The molecule has 0 aromatic heterocycles. The summed E-state index contributed by atoms with van der Waals surface area (Å²) in [5.41, 5.74) is -0.279. The van der Waals surface area contributed by atoms with Crippen LogP contribution in [0.2, 0.25) is 0 Å². The molecule has 0 radical (unpaired) electrons. The molecule has 90 valence electrons. The van der Waals surface area contributed by atoms with Crippen molar-refractivity contribution in [1.82, 2.24) is 0 Å². The zero-order valence-electron chi connectivity index (χ0n) is 8.78. The Bertz CT molecular complexity index is 482. The highest BCUT2D eigenvalue weighted by Crippen LogP contribution is 2.28. The summed E-state index contributed by atoms with van der Waals surface area (Å²) in [5.74, 6) is -5.20. The van der Waals surface area contributed by atoms with Crippen LogP contribution < -0.4 is 0 Å². The van der Waals surface area contributed by atoms with Crippen molar-refractivity contribution in [3.05, 3.63) is 39.4 Å². The number of hydrogen-bond donors (Lipinski definition) is 2. The van der Waals surface area contributed by atoms with Crippen LogP contribution in [0.3, 0.4) is 0 Å². The lowest BCUT2D eigenvalue weighted by Crippen LogP contribution is -2.22. The first kappa shape index (κ1) is 12.6. The van der Waals surface area contributed by atoms with E-state index in [9.17, 15) is 19.7 Å². The van der Waals surface area contributed by atoms with Gasteiger partial charge in [0.1, 0.15) is 0 Å². The molecule has 2 N–H and O–H groups in total. The number of aliphatic carboxylic acids is 2. The molecule has 0 aliphatic heterocycles. The van der Waals surface area contributed by atoms with Crippen molar-refractivity contribution in [3.63, 3.8) is 0 Å². The maximum atomic E-state index is 10.8. The molecular weight excluding hydrogens is 230 g/mol. The number of hydrogen-bond acceptors (Lipinski definition) is 4. The van der Waals surface area contributed by atoms with Gasteiger partial charge in [-0.1, -0.05) is 11.6 Å². The van der Waals surface area contributed by atoms with Crippen molar-refractivity contribution in [2.24, 2.45) is 0 Å². The lowest BCUT2D eigenvalue weighted by molar-refractivity contribution is -0.385. The van der Waals surface area contributed by atoms with Gasteiger partial charge >= 0.3 is 11.9 Å². The monoisotopic (exact) mass is 239 g/mol. The zero-order chi connectivity index (χ0) is 13.2. The van der Waals surface area contributed by atoms with Gasteiger partial charge in [0, 0.05) is 6.07 Å². The summed E-state index contributed by atoms with van der Waals surface area (Å²) in [6.07, 6.45) is 0. The summed E-state index contributed by atoms with van der Waals surface area (Å²) in [7, 11) is 0. The van der Waals surface area contributed by atoms with Crippen LogP contribution in [-0.2, 0) is 9.59 Å². The number of carboxylic acids is 2. The predicted octanol–water partition coefficient (Wildman–Crippen LogP) is 1.16. The third kappa shape index (κ3) is 2.57. The molecule has 0 aliphatic rings. The standard InChI is InChI=1S/C10H9NO6/c1-5-2-3-7(11(16)17)6(4-5)8(9(12)13)10(14)15/h2-4,8H,1H3,(H,12,13)(H,14,15).